The van der Waals surface area contributed by atoms with E-state index in [0.29, 0.717) is 12.2 Å². The Balaban J connectivity index is 2.51. The van der Waals surface area contributed by atoms with E-state index in [1.54, 1.807) is 0 Å². The van der Waals surface area contributed by atoms with Crippen LogP contribution in [0.25, 0.3) is 0 Å². The first kappa shape index (κ1) is 9.34. The number of aliphatic carboxylic acids is 2. The molecule has 68 valence electrons. The number of carbonyl (C=O) groups is 2. The van der Waals surface area contributed by atoms with Crippen molar-refractivity contribution in [2.45, 2.75) is 17.8 Å². The van der Waals surface area contributed by atoms with Crippen LogP contribution in [0.2, 0.25) is 0 Å². The third-order valence-electron chi connectivity index (χ3n) is 1.57. The van der Waals surface area contributed by atoms with Gasteiger partial charge in [0.2, 0.25) is 0 Å². The highest BCUT2D eigenvalue weighted by Gasteiger charge is 2.30. The lowest BCUT2D eigenvalue weighted by atomic mass is 10.2. The highest BCUT2D eigenvalue weighted by Crippen LogP contribution is 2.18. The van der Waals surface area contributed by atoms with Gasteiger partial charge in [-0.15, -0.1) is 11.8 Å². The molecule has 1 rings (SSSR count). The number of hydrogen-bond acceptors (Lipinski definition) is 4. The van der Waals surface area contributed by atoms with Crippen molar-refractivity contribution < 1.29 is 19.8 Å². The molecule has 6 heteroatoms. The Morgan fingerprint density at radius 3 is 2.50 bits per heavy atom. The summed E-state index contributed by atoms with van der Waals surface area (Å²) in [6, 6.07) is -0.715. The molecule has 5 nitrogen and oxygen atoms in total. The zero-order valence-corrected chi connectivity index (χ0v) is 7.00. The van der Waals surface area contributed by atoms with Crippen LogP contribution >= 0.6 is 11.8 Å². The van der Waals surface area contributed by atoms with Gasteiger partial charge in [0, 0.05) is 0 Å². The van der Waals surface area contributed by atoms with Crippen LogP contribution in [-0.4, -0.2) is 39.3 Å². The van der Waals surface area contributed by atoms with Crippen LogP contribution in [0.3, 0.4) is 0 Å². The summed E-state index contributed by atoms with van der Waals surface area (Å²) < 4.78 is 0. The second-order valence-electron chi connectivity index (χ2n) is 2.44. The minimum Gasteiger partial charge on any atom is -0.480 e. The Kier molecular flexibility index (Phi) is 2.93. The molecule has 0 spiro atoms. The molecule has 1 aliphatic rings. The van der Waals surface area contributed by atoms with Crippen LogP contribution in [0, 0.1) is 0 Å². The number of thioether (sulfide) groups is 1. The molecule has 1 saturated heterocycles. The fourth-order valence-electron chi connectivity index (χ4n) is 0.955. The Morgan fingerprint density at radius 1 is 1.33 bits per heavy atom. The first-order valence-corrected chi connectivity index (χ1v) is 4.49. The van der Waals surface area contributed by atoms with E-state index < -0.39 is 23.4 Å². The summed E-state index contributed by atoms with van der Waals surface area (Å²) in [5.41, 5.74) is 0. The Hall–Kier alpha value is -0.750. The topological polar surface area (TPSA) is 86.6 Å². The molecule has 0 aromatic rings. The molecule has 0 aromatic carbocycles. The van der Waals surface area contributed by atoms with Gasteiger partial charge in [-0.3, -0.25) is 10.1 Å². The number of carboxylic acid groups (broad SMARTS) is 2. The summed E-state index contributed by atoms with van der Waals surface area (Å²) in [6.07, 6.45) is 0.476. The number of rotatable bonds is 2. The van der Waals surface area contributed by atoms with E-state index in [9.17, 15) is 9.59 Å². The maximum atomic E-state index is 10.5. The van der Waals surface area contributed by atoms with Crippen molar-refractivity contribution in [3.8, 4) is 0 Å². The highest BCUT2D eigenvalue weighted by molar-refractivity contribution is 8.00. The molecular formula is C6H9NO4S. The Labute approximate surface area is 73.1 Å². The summed E-state index contributed by atoms with van der Waals surface area (Å²) in [5, 5.41) is 18.9. The zero-order valence-electron chi connectivity index (χ0n) is 6.19. The number of hydrogen-bond donors (Lipinski definition) is 3. The van der Waals surface area contributed by atoms with Crippen molar-refractivity contribution >= 4 is 23.7 Å². The van der Waals surface area contributed by atoms with Gasteiger partial charge in [0.25, 0.3) is 0 Å². The lowest BCUT2D eigenvalue weighted by molar-refractivity contribution is -0.141. The van der Waals surface area contributed by atoms with E-state index in [1.165, 1.54) is 11.8 Å². The minimum atomic E-state index is -1.01. The van der Waals surface area contributed by atoms with Crippen molar-refractivity contribution in [2.75, 3.05) is 5.75 Å². The van der Waals surface area contributed by atoms with Crippen LogP contribution in [-0.2, 0) is 9.59 Å². The lowest BCUT2D eigenvalue weighted by Gasteiger charge is -2.24. The maximum absolute atomic E-state index is 10.5. The van der Waals surface area contributed by atoms with Crippen LogP contribution in [0.15, 0.2) is 0 Å². The summed E-state index contributed by atoms with van der Waals surface area (Å²) >= 11 is 1.22. The van der Waals surface area contributed by atoms with Crippen molar-refractivity contribution in [2.24, 2.45) is 0 Å². The molecule has 1 heterocycles. The highest BCUT2D eigenvalue weighted by atomic mass is 32.2. The zero-order chi connectivity index (χ0) is 9.14. The number of carboxylic acids is 2. The van der Waals surface area contributed by atoms with Gasteiger partial charge in [-0.25, -0.2) is 4.79 Å². The number of nitrogens with one attached hydrogen (secondary N) is 1. The molecular weight excluding hydrogens is 182 g/mol. The molecule has 1 fully saturated rings. The quantitative estimate of drug-likeness (QED) is 0.549. The average Bonchev–Trinajstić information content (AvgIpc) is 2.04. The largest absolute Gasteiger partial charge is 0.480 e. The summed E-state index contributed by atoms with van der Waals surface area (Å²) in [7, 11) is 0. The maximum Gasteiger partial charge on any atom is 0.331 e. The molecule has 1 aliphatic heterocycles. The van der Waals surface area contributed by atoms with Crippen LogP contribution in [0.5, 0.6) is 0 Å². The monoisotopic (exact) mass is 191 g/mol. The van der Waals surface area contributed by atoms with Crippen molar-refractivity contribution in [3.63, 3.8) is 0 Å². The molecule has 0 aromatic heterocycles. The molecule has 0 amide bonds. The van der Waals surface area contributed by atoms with Gasteiger partial charge in [-0.2, -0.15) is 0 Å². The van der Waals surface area contributed by atoms with Gasteiger partial charge in [0.05, 0.1) is 0 Å². The van der Waals surface area contributed by atoms with Crippen LogP contribution in [0.4, 0.5) is 0 Å². The fourth-order valence-corrected chi connectivity index (χ4v) is 1.97. The fraction of sp³-hybridized carbons (Fsp3) is 0.667. The van der Waals surface area contributed by atoms with Gasteiger partial charge >= 0.3 is 11.9 Å². The van der Waals surface area contributed by atoms with Gasteiger partial charge in [0.15, 0.2) is 5.37 Å². The van der Waals surface area contributed by atoms with Crippen LogP contribution < -0.4 is 5.32 Å². The van der Waals surface area contributed by atoms with E-state index in [-0.39, 0.29) is 0 Å². The molecule has 3 N–H and O–H groups in total. The molecule has 0 aliphatic carbocycles. The van der Waals surface area contributed by atoms with Gasteiger partial charge in [0.1, 0.15) is 6.04 Å². The lowest BCUT2D eigenvalue weighted by Crippen LogP contribution is -2.49. The third kappa shape index (κ3) is 2.12. The summed E-state index contributed by atoms with van der Waals surface area (Å²) in [4.78, 5) is 20.9. The second-order valence-corrected chi connectivity index (χ2v) is 3.65. The van der Waals surface area contributed by atoms with Crippen molar-refractivity contribution in [1.82, 2.24) is 5.32 Å². The molecule has 2 atom stereocenters. The summed E-state index contributed by atoms with van der Waals surface area (Å²) in [5.74, 6) is -1.42. The molecule has 12 heavy (non-hydrogen) atoms. The van der Waals surface area contributed by atoms with Gasteiger partial charge in [-0.05, 0) is 12.2 Å². The molecule has 0 radical (unpaired) electrons. The minimum absolute atomic E-state index is 0.476. The van der Waals surface area contributed by atoms with E-state index in [0.717, 1.165) is 0 Å². The van der Waals surface area contributed by atoms with Crippen molar-refractivity contribution in [1.29, 1.82) is 0 Å². The first-order chi connectivity index (χ1) is 5.61. The standard InChI is InChI=1S/C6H9NO4S/c8-5(9)3-1-2-12-4(7-3)6(10)11/h3-4,7H,1-2H2,(H,8,9)(H,10,11)/t3-,4?/m1/s1. The molecule has 0 saturated carbocycles. The van der Waals surface area contributed by atoms with E-state index >= 15 is 0 Å². The van der Waals surface area contributed by atoms with Gasteiger partial charge in [-0.1, -0.05) is 0 Å². The molecule has 0 bridgehead atoms. The summed E-state index contributed by atoms with van der Waals surface area (Å²) in [6.45, 7) is 0. The smallest absolute Gasteiger partial charge is 0.331 e. The SMILES string of the molecule is O=C(O)C1N[C@@H](C(=O)O)CCS1. The second kappa shape index (κ2) is 3.77. The first-order valence-electron chi connectivity index (χ1n) is 3.44. The van der Waals surface area contributed by atoms with Crippen molar-refractivity contribution in [3.05, 3.63) is 0 Å². The molecule has 1 unspecified atom stereocenters. The Morgan fingerprint density at radius 2 is 2.00 bits per heavy atom. The van der Waals surface area contributed by atoms with E-state index in [1.807, 2.05) is 0 Å². The predicted octanol–water partition coefficient (Wildman–Crippen LogP) is -0.423. The van der Waals surface area contributed by atoms with Crippen LogP contribution in [0.1, 0.15) is 6.42 Å². The van der Waals surface area contributed by atoms with E-state index in [4.69, 9.17) is 10.2 Å². The van der Waals surface area contributed by atoms with Gasteiger partial charge < -0.3 is 10.2 Å². The predicted molar refractivity (Wildman–Crippen MR) is 43.1 cm³/mol. The Bertz CT molecular complexity index is 188. The third-order valence-corrected chi connectivity index (χ3v) is 2.71. The average molecular weight is 191 g/mol. The van der Waals surface area contributed by atoms with E-state index in [2.05, 4.69) is 5.32 Å². The normalized spacial score (nSPS) is 29.7.